The van der Waals surface area contributed by atoms with Crippen molar-refractivity contribution >= 4 is 0 Å². The van der Waals surface area contributed by atoms with Crippen molar-refractivity contribution in [2.75, 3.05) is 39.6 Å². The minimum Gasteiger partial charge on any atom is -0.491 e. The fourth-order valence-corrected chi connectivity index (χ4v) is 4.93. The third kappa shape index (κ3) is 11.0. The summed E-state index contributed by atoms with van der Waals surface area (Å²) >= 11 is 0. The molecule has 0 spiro atoms. The molecule has 3 atom stereocenters. The average molecular weight is 655 g/mol. The van der Waals surface area contributed by atoms with E-state index in [1.807, 2.05) is 67.6 Å². The topological polar surface area (TPSA) is 82.2 Å². The number of ether oxygens (including phenoxy) is 6. The van der Waals surface area contributed by atoms with Gasteiger partial charge < -0.3 is 33.5 Å². The number of benzene rings is 4. The van der Waals surface area contributed by atoms with Gasteiger partial charge in [-0.25, -0.2) is 0 Å². The second-order valence-electron chi connectivity index (χ2n) is 14.1. The van der Waals surface area contributed by atoms with Crippen LogP contribution in [-0.4, -0.2) is 63.1 Å². The Hall–Kier alpha value is -4.04. The summed E-state index contributed by atoms with van der Waals surface area (Å²) in [6.07, 6.45) is -0.134. The summed E-state index contributed by atoms with van der Waals surface area (Å²) in [5, 5.41) is 10.2. The van der Waals surface area contributed by atoms with Gasteiger partial charge in [-0.15, -0.1) is 0 Å². The minimum absolute atomic E-state index is 0.169. The van der Waals surface area contributed by atoms with Crippen LogP contribution < -0.4 is 18.9 Å². The SMILES string of the molecule is CC(C)(C)c1ccc(OCC2CO2)cc1.Cc1ccc(OCC(O)COc2ccc(C(C)(C)c3ccc(OCC4CO4)cc3)cc2)cc1. The van der Waals surface area contributed by atoms with Crippen LogP contribution in [0.25, 0.3) is 0 Å². The molecule has 256 valence electrons. The molecule has 7 heteroatoms. The molecule has 2 aliphatic rings. The summed E-state index contributed by atoms with van der Waals surface area (Å²) in [4.78, 5) is 0. The molecule has 2 heterocycles. The summed E-state index contributed by atoms with van der Waals surface area (Å²) in [7, 11) is 0. The number of aliphatic hydroxyl groups is 1. The maximum atomic E-state index is 10.2. The van der Waals surface area contributed by atoms with Crippen molar-refractivity contribution in [1.29, 1.82) is 0 Å². The van der Waals surface area contributed by atoms with E-state index in [2.05, 4.69) is 71.0 Å². The molecule has 0 aromatic heterocycles. The van der Waals surface area contributed by atoms with Gasteiger partial charge in [-0.2, -0.15) is 0 Å². The summed E-state index contributed by atoms with van der Waals surface area (Å²) < 4.78 is 33.0. The Balaban J connectivity index is 0.000000250. The number of hydrogen-bond acceptors (Lipinski definition) is 7. The molecule has 4 aromatic rings. The van der Waals surface area contributed by atoms with E-state index in [4.69, 9.17) is 28.4 Å². The predicted molar refractivity (Wildman–Crippen MR) is 189 cm³/mol. The zero-order valence-corrected chi connectivity index (χ0v) is 29.1. The molecule has 0 bridgehead atoms. The van der Waals surface area contributed by atoms with E-state index in [0.29, 0.717) is 19.3 Å². The average Bonchev–Trinajstić information content (AvgIpc) is 4.02. The Kier molecular flexibility index (Phi) is 11.7. The van der Waals surface area contributed by atoms with E-state index in [1.165, 1.54) is 22.3 Å². The molecule has 0 radical (unpaired) electrons. The van der Waals surface area contributed by atoms with Crippen molar-refractivity contribution in [3.05, 3.63) is 119 Å². The molecular weight excluding hydrogens is 604 g/mol. The van der Waals surface area contributed by atoms with E-state index in [-0.39, 0.29) is 30.1 Å². The van der Waals surface area contributed by atoms with Crippen LogP contribution in [0.15, 0.2) is 97.1 Å². The molecule has 3 unspecified atom stereocenters. The standard InChI is InChI=1S/C28H32O5.C13H18O2/c1-20-4-10-24(11-5-20)30-16-23(29)17-31-25-12-6-21(7-13-25)28(2,3)22-8-14-26(15-9-22)32-18-27-19-33-27;1-13(2,3)10-4-6-11(7-5-10)14-8-12-9-15-12/h4-15,23,27,29H,16-19H2,1-3H3;4-7,12H,8-9H2,1-3H3. The van der Waals surface area contributed by atoms with E-state index >= 15 is 0 Å². The highest BCUT2D eigenvalue weighted by molar-refractivity contribution is 5.42. The second kappa shape index (κ2) is 15.9. The third-order valence-corrected chi connectivity index (χ3v) is 8.45. The Bertz CT molecular complexity index is 1530. The van der Waals surface area contributed by atoms with Gasteiger partial charge in [-0.05, 0) is 77.6 Å². The highest BCUT2D eigenvalue weighted by atomic mass is 16.6. The molecule has 7 nitrogen and oxygen atoms in total. The molecule has 48 heavy (non-hydrogen) atoms. The summed E-state index contributed by atoms with van der Waals surface area (Å²) in [6, 6.07) is 32.3. The van der Waals surface area contributed by atoms with Gasteiger partial charge in [0, 0.05) is 5.41 Å². The van der Waals surface area contributed by atoms with Crippen molar-refractivity contribution in [2.45, 2.75) is 70.7 Å². The third-order valence-electron chi connectivity index (χ3n) is 8.45. The van der Waals surface area contributed by atoms with E-state index in [0.717, 1.165) is 36.2 Å². The van der Waals surface area contributed by atoms with Crippen LogP contribution in [0.2, 0.25) is 0 Å². The van der Waals surface area contributed by atoms with Gasteiger partial charge in [0.05, 0.1) is 13.2 Å². The van der Waals surface area contributed by atoms with E-state index < -0.39 is 6.10 Å². The van der Waals surface area contributed by atoms with Crippen LogP contribution >= 0.6 is 0 Å². The molecule has 2 saturated heterocycles. The van der Waals surface area contributed by atoms with Gasteiger partial charge in [0.2, 0.25) is 0 Å². The first-order valence-electron chi connectivity index (χ1n) is 16.8. The second-order valence-corrected chi connectivity index (χ2v) is 14.1. The lowest BCUT2D eigenvalue weighted by atomic mass is 9.78. The molecule has 2 fully saturated rings. The van der Waals surface area contributed by atoms with Crippen molar-refractivity contribution < 1.29 is 33.5 Å². The normalized spacial score (nSPS) is 17.4. The Labute approximate surface area is 285 Å². The molecule has 2 aliphatic heterocycles. The van der Waals surface area contributed by atoms with Gasteiger partial charge in [0.1, 0.15) is 67.7 Å². The van der Waals surface area contributed by atoms with Crippen LogP contribution in [0.4, 0.5) is 0 Å². The number of aryl methyl sites for hydroxylation is 1. The first-order chi connectivity index (χ1) is 23.0. The van der Waals surface area contributed by atoms with Gasteiger partial charge in [-0.3, -0.25) is 0 Å². The van der Waals surface area contributed by atoms with Crippen molar-refractivity contribution in [1.82, 2.24) is 0 Å². The summed E-state index contributed by atoms with van der Waals surface area (Å²) in [6.45, 7) is 16.3. The van der Waals surface area contributed by atoms with Gasteiger partial charge in [0.25, 0.3) is 0 Å². The highest BCUT2D eigenvalue weighted by Gasteiger charge is 2.25. The summed E-state index contributed by atoms with van der Waals surface area (Å²) in [5.74, 6) is 3.25. The van der Waals surface area contributed by atoms with Gasteiger partial charge >= 0.3 is 0 Å². The molecule has 6 rings (SSSR count). The van der Waals surface area contributed by atoms with Crippen LogP contribution in [0.1, 0.15) is 56.9 Å². The van der Waals surface area contributed by atoms with Crippen LogP contribution in [0.5, 0.6) is 23.0 Å². The Morgan fingerprint density at radius 3 is 1.25 bits per heavy atom. The Morgan fingerprint density at radius 1 is 0.562 bits per heavy atom. The van der Waals surface area contributed by atoms with Crippen molar-refractivity contribution in [2.24, 2.45) is 0 Å². The quantitative estimate of drug-likeness (QED) is 0.140. The molecule has 4 aromatic carbocycles. The maximum Gasteiger partial charge on any atom is 0.122 e. The number of epoxide rings is 2. The zero-order valence-electron chi connectivity index (χ0n) is 29.1. The molecule has 0 amide bonds. The summed E-state index contributed by atoms with van der Waals surface area (Å²) in [5.41, 5.74) is 4.92. The molecule has 0 saturated carbocycles. The maximum absolute atomic E-state index is 10.2. The van der Waals surface area contributed by atoms with E-state index in [9.17, 15) is 5.11 Å². The van der Waals surface area contributed by atoms with Crippen LogP contribution in [0, 0.1) is 6.92 Å². The van der Waals surface area contributed by atoms with Crippen molar-refractivity contribution in [3.8, 4) is 23.0 Å². The Morgan fingerprint density at radius 2 is 0.896 bits per heavy atom. The first kappa shape index (κ1) is 35.3. The molecular formula is C41H50O7. The smallest absolute Gasteiger partial charge is 0.122 e. The van der Waals surface area contributed by atoms with Crippen molar-refractivity contribution in [3.63, 3.8) is 0 Å². The predicted octanol–water partition coefficient (Wildman–Crippen LogP) is 7.68. The lowest BCUT2D eigenvalue weighted by Gasteiger charge is -2.26. The fourth-order valence-electron chi connectivity index (χ4n) is 4.93. The number of aliphatic hydroxyl groups excluding tert-OH is 1. The van der Waals surface area contributed by atoms with Gasteiger partial charge in [0.15, 0.2) is 0 Å². The minimum atomic E-state index is -0.713. The van der Waals surface area contributed by atoms with Gasteiger partial charge in [-0.1, -0.05) is 88.7 Å². The van der Waals surface area contributed by atoms with Crippen LogP contribution in [-0.2, 0) is 20.3 Å². The fraction of sp³-hybridized carbons (Fsp3) is 0.415. The molecule has 0 aliphatic carbocycles. The monoisotopic (exact) mass is 654 g/mol. The first-order valence-corrected chi connectivity index (χ1v) is 16.8. The number of rotatable bonds is 14. The highest BCUT2D eigenvalue weighted by Crippen LogP contribution is 2.33. The lowest BCUT2D eigenvalue weighted by Crippen LogP contribution is -2.25. The lowest BCUT2D eigenvalue weighted by molar-refractivity contribution is 0.0626. The molecule has 1 N–H and O–H groups in total. The number of hydrogen-bond donors (Lipinski definition) is 1. The van der Waals surface area contributed by atoms with Crippen LogP contribution in [0.3, 0.4) is 0 Å². The van der Waals surface area contributed by atoms with E-state index in [1.54, 1.807) is 0 Å². The largest absolute Gasteiger partial charge is 0.491 e. The zero-order chi connectivity index (χ0) is 34.1.